The monoisotopic (exact) mass is 1190 g/mol. The number of thiophene rings is 3. The van der Waals surface area contributed by atoms with E-state index in [0.717, 1.165) is 49.8 Å². The maximum absolute atomic E-state index is 11.2. The number of hydrogen-bond donors (Lipinski definition) is 2. The Kier molecular flexibility index (Phi) is 34.7. The van der Waals surface area contributed by atoms with Gasteiger partial charge in [0.2, 0.25) is 0 Å². The minimum absolute atomic E-state index is 0.0521. The summed E-state index contributed by atoms with van der Waals surface area (Å²) in [5.41, 5.74) is 0.607. The molecule has 0 amide bonds. The summed E-state index contributed by atoms with van der Waals surface area (Å²) in [7, 11) is 0. The van der Waals surface area contributed by atoms with E-state index in [0.29, 0.717) is 23.7 Å². The number of nitrogens with zero attached hydrogens (tertiary/aromatic N) is 1. The summed E-state index contributed by atoms with van der Waals surface area (Å²) in [6, 6.07) is 7.03. The first-order chi connectivity index (χ1) is 26.2. The van der Waals surface area contributed by atoms with E-state index in [1.165, 1.54) is 58.6 Å². The molecular formula is C33H41Br4Cl4N2O5PS5. The average molecular weight is 1200 g/mol. The minimum atomic E-state index is -0.239. The molecule has 1 fully saturated rings. The molecule has 6 rings (SSSR count). The third-order valence-corrected chi connectivity index (χ3v) is 13.4. The maximum Gasteiger partial charge on any atom is 0.321 e. The molecule has 0 saturated carbocycles. The van der Waals surface area contributed by atoms with Gasteiger partial charge < -0.3 is 19.6 Å². The Balaban J connectivity index is 0.000000661. The number of halogens is 8. The molecular weight excluding hydrogens is 1160 g/mol. The second-order valence-electron chi connectivity index (χ2n) is 9.44. The van der Waals surface area contributed by atoms with Crippen LogP contribution in [0.1, 0.15) is 55.3 Å². The van der Waals surface area contributed by atoms with Crippen molar-refractivity contribution in [2.45, 2.75) is 74.0 Å². The van der Waals surface area contributed by atoms with E-state index in [1.54, 1.807) is 55.6 Å². The van der Waals surface area contributed by atoms with Crippen LogP contribution in [0.2, 0.25) is 15.1 Å². The van der Waals surface area contributed by atoms with Gasteiger partial charge in [0.1, 0.15) is 9.28 Å². The first-order valence-corrected chi connectivity index (χ1v) is 30.2. The number of thioether (sulfide) groups is 2. The van der Waals surface area contributed by atoms with Gasteiger partial charge in [-0.2, -0.15) is 0 Å². The van der Waals surface area contributed by atoms with Crippen molar-refractivity contribution in [3.8, 4) is 0 Å². The van der Waals surface area contributed by atoms with Crippen molar-refractivity contribution in [2.24, 2.45) is 0 Å². The SMILES string of the molecule is BrP(Br)Br.C1CCOC1.CCOC(=O)[C@@H]1SC=CC1Cl.Cc1cc(=O)[nH]c(SCc2sccc2Cl)n1.Clc1ccsc1CBr.OCc1sccc1Cl.[2H]CC. The Hall–Kier alpha value is 1.32. The van der Waals surface area contributed by atoms with Crippen molar-refractivity contribution in [3.63, 3.8) is 0 Å². The molecule has 0 radical (unpaired) electrons. The van der Waals surface area contributed by atoms with Gasteiger partial charge in [0.25, 0.3) is 5.56 Å². The molecule has 2 aliphatic heterocycles. The van der Waals surface area contributed by atoms with Crippen LogP contribution in [-0.4, -0.2) is 51.5 Å². The van der Waals surface area contributed by atoms with Crippen molar-refractivity contribution in [3.05, 3.63) is 97.6 Å². The lowest BCUT2D eigenvalue weighted by atomic mass is 10.3. The summed E-state index contributed by atoms with van der Waals surface area (Å²) in [5, 5.41) is 19.5. The number of allylic oxidation sites excluding steroid dienone is 1. The van der Waals surface area contributed by atoms with Crippen LogP contribution in [0.25, 0.3) is 0 Å². The predicted molar refractivity (Wildman–Crippen MR) is 258 cm³/mol. The Morgan fingerprint density at radius 2 is 1.59 bits per heavy atom. The van der Waals surface area contributed by atoms with Crippen LogP contribution in [0.5, 0.6) is 0 Å². The zero-order chi connectivity index (χ0) is 41.6. The lowest BCUT2D eigenvalue weighted by Gasteiger charge is -2.10. The second-order valence-corrected chi connectivity index (χ2v) is 32.1. The predicted octanol–water partition coefficient (Wildman–Crippen LogP) is 15.3. The molecule has 2 N–H and O–H groups in total. The summed E-state index contributed by atoms with van der Waals surface area (Å²) >= 11 is 43.5. The van der Waals surface area contributed by atoms with Crippen LogP contribution in [0.3, 0.4) is 0 Å². The van der Waals surface area contributed by atoms with E-state index in [-0.39, 0.29) is 32.8 Å². The highest BCUT2D eigenvalue weighted by atomic mass is 80.0. The second kappa shape index (κ2) is 35.1. The van der Waals surface area contributed by atoms with Gasteiger partial charge in [0.15, 0.2) is 5.16 Å². The van der Waals surface area contributed by atoms with Gasteiger partial charge in [0.05, 0.1) is 33.7 Å². The van der Waals surface area contributed by atoms with Crippen molar-refractivity contribution in [2.75, 3.05) is 19.8 Å². The number of carbonyl (C=O) groups excluding carboxylic acids is 1. The standard InChI is InChI=1S/C10H9ClN2OS2.C7H9ClO2S.C5H4BrClS.C5H5ClOS.C4H8O.C2H6.Br3P/c1-6-4-9(14)13-10(12-6)16-5-8-7(11)2-3-15-8;1-2-10-7(9)6-5(8)3-4-11-6;6-3-5-4(7)1-2-8-5;6-4-1-2-8-5(4)3-7;1-2-4-5-3-1;1-2;1-4(2)3/h2-4H,5H2,1H3,(H,12,13,14);3-6H,2H2,1H3;1-2H,3H2;1-2,7H,3H2;1-4H2;1-2H3;/t;5?,6-;;;;;/m.1...../s1/i;;;;;1D;. The van der Waals surface area contributed by atoms with Crippen molar-refractivity contribution < 1.29 is 20.7 Å². The maximum atomic E-state index is 11.2. The molecule has 1 unspecified atom stereocenters. The van der Waals surface area contributed by atoms with E-state index in [1.807, 2.05) is 33.7 Å². The molecule has 54 heavy (non-hydrogen) atoms. The summed E-state index contributed by atoms with van der Waals surface area (Å²) in [6.45, 7) is 8.35. The zero-order valence-electron chi connectivity index (χ0n) is 30.3. The zero-order valence-corrected chi connectivity index (χ0v) is 43.6. The fourth-order valence-corrected chi connectivity index (χ4v) is 9.62. The highest BCUT2D eigenvalue weighted by Gasteiger charge is 2.29. The number of aryl methyl sites for hydroxylation is 1. The van der Waals surface area contributed by atoms with Crippen LogP contribution in [-0.2, 0) is 32.0 Å². The fourth-order valence-electron chi connectivity index (χ4n) is 3.34. The van der Waals surface area contributed by atoms with Crippen LogP contribution < -0.4 is 5.56 Å². The Bertz CT molecular complexity index is 1620. The highest BCUT2D eigenvalue weighted by molar-refractivity contribution is 9.93. The quantitative estimate of drug-likeness (QED) is 0.0620. The molecule has 4 aromatic rings. The van der Waals surface area contributed by atoms with Crippen LogP contribution in [0.4, 0.5) is 0 Å². The first-order valence-electron chi connectivity index (χ1n) is 16.2. The number of alkyl halides is 2. The number of aliphatic hydroxyl groups is 1. The molecule has 4 aromatic heterocycles. The third-order valence-electron chi connectivity index (χ3n) is 5.65. The lowest BCUT2D eigenvalue weighted by molar-refractivity contribution is -0.142. The molecule has 304 valence electrons. The van der Waals surface area contributed by atoms with E-state index >= 15 is 0 Å². The number of nitrogens with one attached hydrogen (secondary N) is 1. The summed E-state index contributed by atoms with van der Waals surface area (Å²) in [6.07, 6.45) is 4.35. The molecule has 2 atom stereocenters. The van der Waals surface area contributed by atoms with E-state index < -0.39 is 0 Å². The average Bonchev–Trinajstić information content (AvgIpc) is 3.99. The summed E-state index contributed by atoms with van der Waals surface area (Å²) < 4.78 is 15.8. The number of hydrogen-bond acceptors (Lipinski definition) is 11. The van der Waals surface area contributed by atoms with Crippen LogP contribution >= 0.6 is 170 Å². The van der Waals surface area contributed by atoms with Crippen molar-refractivity contribution in [1.29, 1.82) is 0 Å². The Labute approximate surface area is 394 Å². The topological polar surface area (TPSA) is 102 Å². The Morgan fingerprint density at radius 1 is 1.07 bits per heavy atom. The molecule has 0 bridgehead atoms. The molecule has 6 heterocycles. The number of carbonyl (C=O) groups is 1. The smallest absolute Gasteiger partial charge is 0.321 e. The van der Waals surface area contributed by atoms with Crippen LogP contribution in [0.15, 0.2) is 61.8 Å². The highest BCUT2D eigenvalue weighted by Crippen LogP contribution is 2.59. The minimum Gasteiger partial charge on any atom is -0.465 e. The molecule has 0 spiro atoms. The number of aromatic nitrogens is 2. The fraction of sp³-hybridized carbons (Fsp3) is 0.424. The number of H-pyrrole nitrogens is 1. The summed E-state index contributed by atoms with van der Waals surface area (Å²) in [5.74, 6) is 0.505. The number of esters is 1. The molecule has 2 aliphatic rings. The summed E-state index contributed by atoms with van der Waals surface area (Å²) in [4.78, 5) is 32.3. The first kappa shape index (κ1) is 53.3. The normalized spacial score (nSPS) is 15.2. The van der Waals surface area contributed by atoms with E-state index in [2.05, 4.69) is 72.4 Å². The van der Waals surface area contributed by atoms with Crippen molar-refractivity contribution in [1.82, 2.24) is 9.97 Å². The van der Waals surface area contributed by atoms with E-state index in [9.17, 15) is 9.59 Å². The van der Waals surface area contributed by atoms with Gasteiger partial charge in [-0.3, -0.25) is 9.59 Å². The molecule has 0 aliphatic carbocycles. The number of aromatic amines is 1. The number of ether oxygens (including phenoxy) is 2. The van der Waals surface area contributed by atoms with Gasteiger partial charge in [-0.25, -0.2) is 4.98 Å². The molecule has 21 heteroatoms. The molecule has 7 nitrogen and oxygen atoms in total. The van der Waals surface area contributed by atoms with E-state index in [4.69, 9.17) is 62.4 Å². The van der Waals surface area contributed by atoms with Gasteiger partial charge in [-0.05, 0) is 113 Å². The van der Waals surface area contributed by atoms with Crippen LogP contribution in [0, 0.1) is 6.92 Å². The lowest BCUT2D eigenvalue weighted by Crippen LogP contribution is -2.25. The van der Waals surface area contributed by atoms with Gasteiger partial charge in [-0.1, -0.05) is 82.4 Å². The third kappa shape index (κ3) is 26.4. The van der Waals surface area contributed by atoms with Crippen molar-refractivity contribution >= 4 is 176 Å². The number of rotatable bonds is 7. The number of aliphatic hydroxyl groups excluding tert-OH is 1. The molecule has 0 aromatic carbocycles. The largest absolute Gasteiger partial charge is 0.465 e. The Morgan fingerprint density at radius 3 is 1.93 bits per heavy atom. The molecule has 1 saturated heterocycles. The van der Waals surface area contributed by atoms with Gasteiger partial charge in [-0.15, -0.1) is 57.4 Å². The van der Waals surface area contributed by atoms with Gasteiger partial charge in [0, 0.05) is 52.1 Å². The van der Waals surface area contributed by atoms with Gasteiger partial charge >= 0.3 is 5.97 Å².